The van der Waals surface area contributed by atoms with Crippen LogP contribution in [-0.2, 0) is 4.79 Å². The van der Waals surface area contributed by atoms with Crippen LogP contribution in [0.2, 0.25) is 0 Å². The van der Waals surface area contributed by atoms with Gasteiger partial charge in [0, 0.05) is 12.1 Å². The van der Waals surface area contributed by atoms with Crippen LogP contribution in [0.4, 0.5) is 10.8 Å². The van der Waals surface area contributed by atoms with Crippen LogP contribution in [0.15, 0.2) is 36.4 Å². The van der Waals surface area contributed by atoms with Gasteiger partial charge in [-0.3, -0.25) is 20.2 Å². The second-order valence-electron chi connectivity index (χ2n) is 6.60. The molecule has 28 heavy (non-hydrogen) atoms. The number of rotatable bonds is 7. The molecule has 8 heteroatoms. The molecule has 0 aliphatic heterocycles. The van der Waals surface area contributed by atoms with Gasteiger partial charge in [-0.05, 0) is 48.6 Å². The maximum absolute atomic E-state index is 12.2. The summed E-state index contributed by atoms with van der Waals surface area (Å²) in [6, 6.07) is 10.4. The van der Waals surface area contributed by atoms with Gasteiger partial charge in [0.05, 0.1) is 15.1 Å². The maximum Gasteiger partial charge on any atom is 0.269 e. The van der Waals surface area contributed by atoms with E-state index in [1.807, 2.05) is 6.07 Å². The first kappa shape index (κ1) is 19.8. The molecule has 0 fully saturated rings. The Morgan fingerprint density at radius 2 is 2.11 bits per heavy atom. The van der Waals surface area contributed by atoms with Crippen LogP contribution in [0.3, 0.4) is 0 Å². The predicted molar refractivity (Wildman–Crippen MR) is 110 cm³/mol. The monoisotopic (exact) mass is 399 g/mol. The molecule has 1 aromatic heterocycles. The van der Waals surface area contributed by atoms with Crippen molar-refractivity contribution < 1.29 is 14.5 Å². The highest BCUT2D eigenvalue weighted by molar-refractivity contribution is 7.22. The molecule has 3 rings (SSSR count). The van der Waals surface area contributed by atoms with Gasteiger partial charge in [0.25, 0.3) is 11.6 Å². The topological polar surface area (TPSA) is 94.4 Å². The molecule has 1 N–H and O–H groups in total. The molecule has 0 bridgehead atoms. The zero-order valence-electron chi connectivity index (χ0n) is 15.9. The Hall–Kier alpha value is -3.00. The number of benzene rings is 2. The number of fused-ring (bicyclic) bond motifs is 1. The predicted octanol–water partition coefficient (Wildman–Crippen LogP) is 5.04. The van der Waals surface area contributed by atoms with Gasteiger partial charge >= 0.3 is 0 Å². The van der Waals surface area contributed by atoms with E-state index in [4.69, 9.17) is 4.74 Å². The summed E-state index contributed by atoms with van der Waals surface area (Å²) in [4.78, 5) is 26.9. The number of thiazole rings is 1. The molecule has 3 aromatic rings. The summed E-state index contributed by atoms with van der Waals surface area (Å²) in [5.41, 5.74) is 2.69. The number of non-ortho nitro benzene ring substituents is 1. The SMILES string of the molecule is CCC(C)c1ccc2nc(NC(=O)COc3ccc([N+](=O)[O-])cc3C)sc2c1. The van der Waals surface area contributed by atoms with E-state index in [1.165, 1.54) is 35.1 Å². The van der Waals surface area contributed by atoms with Crippen molar-refractivity contribution in [2.75, 3.05) is 11.9 Å². The number of nitro benzene ring substituents is 1. The van der Waals surface area contributed by atoms with Crippen LogP contribution in [0, 0.1) is 17.0 Å². The van der Waals surface area contributed by atoms with Crippen LogP contribution in [-0.4, -0.2) is 22.4 Å². The fourth-order valence-corrected chi connectivity index (χ4v) is 3.68. The number of carbonyl (C=O) groups excluding carboxylic acids is 1. The highest BCUT2D eigenvalue weighted by Gasteiger charge is 2.13. The minimum atomic E-state index is -0.469. The molecular formula is C20H21N3O4S. The van der Waals surface area contributed by atoms with Crippen molar-refractivity contribution in [2.45, 2.75) is 33.1 Å². The first-order valence-electron chi connectivity index (χ1n) is 8.95. The Kier molecular flexibility index (Phi) is 5.89. The first-order chi connectivity index (χ1) is 13.4. The average Bonchev–Trinajstić information content (AvgIpc) is 3.07. The lowest BCUT2D eigenvalue weighted by molar-refractivity contribution is -0.384. The number of nitrogens with zero attached hydrogens (tertiary/aromatic N) is 2. The van der Waals surface area contributed by atoms with Gasteiger partial charge in [-0.25, -0.2) is 4.98 Å². The Morgan fingerprint density at radius 3 is 2.79 bits per heavy atom. The number of carbonyl (C=O) groups is 1. The van der Waals surface area contributed by atoms with Gasteiger partial charge in [0.1, 0.15) is 5.75 Å². The molecule has 0 aliphatic carbocycles. The van der Waals surface area contributed by atoms with Gasteiger partial charge in [-0.1, -0.05) is 31.3 Å². The smallest absolute Gasteiger partial charge is 0.269 e. The average molecular weight is 399 g/mol. The molecule has 1 unspecified atom stereocenters. The quantitative estimate of drug-likeness (QED) is 0.443. The largest absolute Gasteiger partial charge is 0.483 e. The third-order valence-corrected chi connectivity index (χ3v) is 5.50. The lowest BCUT2D eigenvalue weighted by Gasteiger charge is -2.08. The van der Waals surface area contributed by atoms with Crippen LogP contribution >= 0.6 is 11.3 Å². The molecule has 0 aliphatic rings. The standard InChI is InChI=1S/C20H21N3O4S/c1-4-12(2)14-5-7-16-18(10-14)28-20(21-16)22-19(24)11-27-17-8-6-15(23(25)26)9-13(17)3/h5-10,12H,4,11H2,1-3H3,(H,21,22,24). The Morgan fingerprint density at radius 1 is 1.32 bits per heavy atom. The fourth-order valence-electron chi connectivity index (χ4n) is 2.74. The lowest BCUT2D eigenvalue weighted by Crippen LogP contribution is -2.20. The van der Waals surface area contributed by atoms with Crippen molar-refractivity contribution in [3.63, 3.8) is 0 Å². The summed E-state index contributed by atoms with van der Waals surface area (Å²) >= 11 is 1.42. The zero-order valence-corrected chi connectivity index (χ0v) is 16.7. The van der Waals surface area contributed by atoms with Crippen LogP contribution in [0.5, 0.6) is 5.75 Å². The summed E-state index contributed by atoms with van der Waals surface area (Å²) in [5, 5.41) is 14.0. The zero-order chi connectivity index (χ0) is 20.3. The van der Waals surface area contributed by atoms with Crippen molar-refractivity contribution >= 4 is 38.3 Å². The normalized spacial score (nSPS) is 12.0. The van der Waals surface area contributed by atoms with Gasteiger partial charge in [-0.2, -0.15) is 0 Å². The summed E-state index contributed by atoms with van der Waals surface area (Å²) < 4.78 is 6.51. The number of nitro groups is 1. The minimum Gasteiger partial charge on any atom is -0.483 e. The maximum atomic E-state index is 12.2. The van der Waals surface area contributed by atoms with Crippen molar-refractivity contribution in [3.05, 3.63) is 57.6 Å². The number of aromatic nitrogens is 1. The van der Waals surface area contributed by atoms with E-state index in [-0.39, 0.29) is 18.2 Å². The third-order valence-electron chi connectivity index (χ3n) is 4.57. The fraction of sp³-hybridized carbons (Fsp3) is 0.300. The van der Waals surface area contributed by atoms with Gasteiger partial charge < -0.3 is 4.74 Å². The van der Waals surface area contributed by atoms with Gasteiger partial charge in [0.2, 0.25) is 0 Å². The molecule has 7 nitrogen and oxygen atoms in total. The van der Waals surface area contributed by atoms with E-state index >= 15 is 0 Å². The number of hydrogen-bond acceptors (Lipinski definition) is 6. The van der Waals surface area contributed by atoms with E-state index in [9.17, 15) is 14.9 Å². The highest BCUT2D eigenvalue weighted by Crippen LogP contribution is 2.30. The summed E-state index contributed by atoms with van der Waals surface area (Å²) in [6.07, 6.45) is 1.06. The number of nitrogens with one attached hydrogen (secondary N) is 1. The molecular weight excluding hydrogens is 378 g/mol. The second-order valence-corrected chi connectivity index (χ2v) is 7.63. The Labute approximate surface area is 166 Å². The molecule has 1 atom stereocenters. The number of hydrogen-bond donors (Lipinski definition) is 1. The molecule has 0 saturated heterocycles. The minimum absolute atomic E-state index is 0.0134. The van der Waals surface area contributed by atoms with Crippen molar-refractivity contribution in [3.8, 4) is 5.75 Å². The van der Waals surface area contributed by atoms with E-state index in [0.29, 0.717) is 22.4 Å². The van der Waals surface area contributed by atoms with Crippen molar-refractivity contribution in [1.29, 1.82) is 0 Å². The van der Waals surface area contributed by atoms with E-state index < -0.39 is 4.92 Å². The molecule has 146 valence electrons. The lowest BCUT2D eigenvalue weighted by atomic mass is 9.99. The number of amides is 1. The highest BCUT2D eigenvalue weighted by atomic mass is 32.1. The number of ether oxygens (including phenoxy) is 1. The van der Waals surface area contributed by atoms with Crippen LogP contribution in [0.1, 0.15) is 37.3 Å². The van der Waals surface area contributed by atoms with Crippen molar-refractivity contribution in [1.82, 2.24) is 4.98 Å². The number of aryl methyl sites for hydroxylation is 1. The van der Waals surface area contributed by atoms with Crippen molar-refractivity contribution in [2.24, 2.45) is 0 Å². The third kappa shape index (κ3) is 4.45. The second kappa shape index (κ2) is 8.35. The molecule has 2 aromatic carbocycles. The molecule has 0 radical (unpaired) electrons. The summed E-state index contributed by atoms with van der Waals surface area (Å²) in [6.45, 7) is 5.83. The Balaban J connectivity index is 1.64. The molecule has 1 heterocycles. The number of anilines is 1. The van der Waals surface area contributed by atoms with E-state index in [1.54, 1.807) is 6.92 Å². The summed E-state index contributed by atoms with van der Waals surface area (Å²) in [7, 11) is 0. The van der Waals surface area contributed by atoms with E-state index in [0.717, 1.165) is 16.6 Å². The summed E-state index contributed by atoms with van der Waals surface area (Å²) in [5.74, 6) is 0.574. The van der Waals surface area contributed by atoms with Gasteiger partial charge in [-0.15, -0.1) is 0 Å². The van der Waals surface area contributed by atoms with E-state index in [2.05, 4.69) is 36.3 Å². The Bertz CT molecular complexity index is 1030. The van der Waals surface area contributed by atoms with Crippen LogP contribution in [0.25, 0.3) is 10.2 Å². The molecule has 0 saturated carbocycles. The first-order valence-corrected chi connectivity index (χ1v) is 9.77. The van der Waals surface area contributed by atoms with Gasteiger partial charge in [0.15, 0.2) is 11.7 Å². The van der Waals surface area contributed by atoms with Crippen LogP contribution < -0.4 is 10.1 Å². The molecule has 1 amide bonds. The molecule has 0 spiro atoms.